The molecule has 8 heteroatoms. The Hall–Kier alpha value is -1.93. The molecule has 0 aromatic heterocycles. The third-order valence-corrected chi connectivity index (χ3v) is 7.16. The fraction of sp³-hybridized carbons (Fsp3) is 0.529. The lowest BCUT2D eigenvalue weighted by Crippen LogP contribution is -2.46. The molecule has 2 aliphatic rings. The second-order valence-corrected chi connectivity index (χ2v) is 8.45. The quantitative estimate of drug-likeness (QED) is 0.808. The highest BCUT2D eigenvalue weighted by atomic mass is 32.2. The van der Waals surface area contributed by atoms with Gasteiger partial charge in [0.05, 0.1) is 12.0 Å². The highest BCUT2D eigenvalue weighted by Crippen LogP contribution is 2.43. The van der Waals surface area contributed by atoms with Crippen molar-refractivity contribution in [2.75, 3.05) is 7.11 Å². The summed E-state index contributed by atoms with van der Waals surface area (Å²) in [5.41, 5.74) is 5.44. The molecular formula is C17H22N2O5S. The summed E-state index contributed by atoms with van der Waals surface area (Å²) in [6, 6.07) is 4.52. The topological polar surface area (TPSA) is 107 Å². The molecule has 0 radical (unpaired) electrons. The molecule has 136 valence electrons. The first-order valence-electron chi connectivity index (χ1n) is 8.37. The van der Waals surface area contributed by atoms with Crippen LogP contribution in [0.1, 0.15) is 42.5 Å². The molecule has 1 heterocycles. The molecule has 25 heavy (non-hydrogen) atoms. The third-order valence-electron chi connectivity index (χ3n) is 5.22. The van der Waals surface area contributed by atoms with Gasteiger partial charge in [-0.25, -0.2) is 8.42 Å². The van der Waals surface area contributed by atoms with Crippen LogP contribution in [0.3, 0.4) is 0 Å². The zero-order valence-corrected chi connectivity index (χ0v) is 14.9. The summed E-state index contributed by atoms with van der Waals surface area (Å²) in [6.07, 6.45) is 4.16. The first-order chi connectivity index (χ1) is 11.9. The van der Waals surface area contributed by atoms with Crippen molar-refractivity contribution in [1.82, 2.24) is 4.31 Å². The van der Waals surface area contributed by atoms with E-state index in [1.165, 1.54) is 35.7 Å². The second kappa shape index (κ2) is 6.76. The fourth-order valence-electron chi connectivity index (χ4n) is 4.01. The van der Waals surface area contributed by atoms with Gasteiger partial charge in [-0.1, -0.05) is 12.8 Å². The van der Waals surface area contributed by atoms with Crippen molar-refractivity contribution in [2.24, 2.45) is 11.7 Å². The van der Waals surface area contributed by atoms with Gasteiger partial charge in [-0.3, -0.25) is 9.59 Å². The van der Waals surface area contributed by atoms with Gasteiger partial charge in [-0.05, 0) is 49.4 Å². The predicted octanol–water partition coefficient (Wildman–Crippen LogP) is 1.28. The van der Waals surface area contributed by atoms with Crippen molar-refractivity contribution in [3.63, 3.8) is 0 Å². The van der Waals surface area contributed by atoms with E-state index in [1.807, 2.05) is 0 Å². The van der Waals surface area contributed by atoms with E-state index in [-0.39, 0.29) is 22.4 Å². The smallest absolute Gasteiger partial charge is 0.324 e. The summed E-state index contributed by atoms with van der Waals surface area (Å²) >= 11 is 0. The van der Waals surface area contributed by atoms with Crippen LogP contribution < -0.4 is 5.73 Å². The van der Waals surface area contributed by atoms with Crippen LogP contribution >= 0.6 is 0 Å². The van der Waals surface area contributed by atoms with Crippen LogP contribution in [0.15, 0.2) is 29.2 Å². The molecule has 2 fully saturated rings. The van der Waals surface area contributed by atoms with Crippen molar-refractivity contribution < 1.29 is 22.7 Å². The SMILES string of the molecule is COC(=O)[C@@H]1C[C@H]2CCCC[C@H]2N1S(=O)(=O)c1ccc(C(N)=O)cc1. The van der Waals surface area contributed by atoms with E-state index < -0.39 is 27.9 Å². The molecule has 1 saturated carbocycles. The lowest BCUT2D eigenvalue weighted by atomic mass is 9.85. The minimum atomic E-state index is -3.88. The van der Waals surface area contributed by atoms with Gasteiger partial charge < -0.3 is 10.5 Å². The number of amides is 1. The van der Waals surface area contributed by atoms with E-state index in [4.69, 9.17) is 10.5 Å². The average Bonchev–Trinajstić information content (AvgIpc) is 3.01. The van der Waals surface area contributed by atoms with Crippen LogP contribution in [0.5, 0.6) is 0 Å². The Kier molecular flexibility index (Phi) is 4.83. The number of fused-ring (bicyclic) bond motifs is 1. The number of hydrogen-bond donors (Lipinski definition) is 1. The standard InChI is InChI=1S/C17H22N2O5S/c1-24-17(21)15-10-12-4-2-3-5-14(12)19(15)25(22,23)13-8-6-11(7-9-13)16(18)20/h6-9,12,14-15H,2-5,10H2,1H3,(H2,18,20)/t12-,14-,15+/m1/s1. The van der Waals surface area contributed by atoms with Crippen LogP contribution in [-0.4, -0.2) is 43.8 Å². The number of rotatable bonds is 4. The van der Waals surface area contributed by atoms with Crippen LogP contribution in [0.4, 0.5) is 0 Å². The lowest BCUT2D eigenvalue weighted by Gasteiger charge is -2.32. The Bertz CT molecular complexity index is 775. The van der Waals surface area contributed by atoms with Crippen molar-refractivity contribution in [2.45, 2.75) is 49.1 Å². The number of nitrogens with zero attached hydrogens (tertiary/aromatic N) is 1. The Balaban J connectivity index is 1.99. The number of methoxy groups -OCH3 is 1. The number of ether oxygens (including phenoxy) is 1. The Morgan fingerprint density at radius 3 is 2.40 bits per heavy atom. The van der Waals surface area contributed by atoms with Gasteiger partial charge in [0.25, 0.3) is 0 Å². The molecule has 0 bridgehead atoms. The molecule has 1 aliphatic heterocycles. The van der Waals surface area contributed by atoms with Gasteiger partial charge in [0, 0.05) is 11.6 Å². The summed E-state index contributed by atoms with van der Waals surface area (Å²) in [4.78, 5) is 23.4. The molecule has 2 N–H and O–H groups in total. The highest BCUT2D eigenvalue weighted by molar-refractivity contribution is 7.89. The van der Waals surface area contributed by atoms with Gasteiger partial charge in [0.2, 0.25) is 15.9 Å². The largest absolute Gasteiger partial charge is 0.468 e. The monoisotopic (exact) mass is 366 g/mol. The van der Waals surface area contributed by atoms with Gasteiger partial charge in [-0.2, -0.15) is 4.31 Å². The molecular weight excluding hydrogens is 344 g/mol. The number of sulfonamides is 1. The first-order valence-corrected chi connectivity index (χ1v) is 9.81. The molecule has 7 nitrogen and oxygen atoms in total. The number of nitrogens with two attached hydrogens (primary N) is 1. The van der Waals surface area contributed by atoms with Crippen LogP contribution in [0.25, 0.3) is 0 Å². The van der Waals surface area contributed by atoms with Crippen LogP contribution in [-0.2, 0) is 19.6 Å². The van der Waals surface area contributed by atoms with E-state index >= 15 is 0 Å². The first kappa shape index (κ1) is 17.9. The minimum absolute atomic E-state index is 0.0534. The van der Waals surface area contributed by atoms with Gasteiger partial charge in [0.15, 0.2) is 0 Å². The van der Waals surface area contributed by atoms with E-state index in [0.717, 1.165) is 25.7 Å². The van der Waals surface area contributed by atoms with E-state index in [0.29, 0.717) is 6.42 Å². The number of benzene rings is 1. The normalized spacial score (nSPS) is 26.8. The third kappa shape index (κ3) is 3.16. The second-order valence-electron chi connectivity index (χ2n) is 6.61. The maximum absolute atomic E-state index is 13.2. The Labute approximate surface area is 147 Å². The van der Waals surface area contributed by atoms with Crippen molar-refractivity contribution in [3.8, 4) is 0 Å². The number of carbonyl (C=O) groups excluding carboxylic acids is 2. The molecule has 3 rings (SSSR count). The number of hydrogen-bond acceptors (Lipinski definition) is 5. The minimum Gasteiger partial charge on any atom is -0.468 e. The van der Waals surface area contributed by atoms with Crippen molar-refractivity contribution in [1.29, 1.82) is 0 Å². The summed E-state index contributed by atoms with van der Waals surface area (Å²) in [5, 5.41) is 0. The van der Waals surface area contributed by atoms with Crippen molar-refractivity contribution in [3.05, 3.63) is 29.8 Å². The molecule has 3 atom stereocenters. The summed E-state index contributed by atoms with van der Waals surface area (Å²) in [7, 11) is -2.60. The van der Waals surface area contributed by atoms with Gasteiger partial charge in [-0.15, -0.1) is 0 Å². The number of carbonyl (C=O) groups is 2. The molecule has 1 aromatic carbocycles. The van der Waals surface area contributed by atoms with E-state index in [2.05, 4.69) is 0 Å². The lowest BCUT2D eigenvalue weighted by molar-refractivity contribution is -0.144. The summed E-state index contributed by atoms with van der Waals surface area (Å²) in [6.45, 7) is 0. The van der Waals surface area contributed by atoms with E-state index in [9.17, 15) is 18.0 Å². The number of esters is 1. The van der Waals surface area contributed by atoms with Gasteiger partial charge in [0.1, 0.15) is 6.04 Å². The molecule has 1 amide bonds. The van der Waals surface area contributed by atoms with Gasteiger partial charge >= 0.3 is 5.97 Å². The fourth-order valence-corrected chi connectivity index (χ4v) is 5.88. The Morgan fingerprint density at radius 1 is 1.16 bits per heavy atom. The summed E-state index contributed by atoms with van der Waals surface area (Å²) < 4.78 is 32.6. The maximum Gasteiger partial charge on any atom is 0.324 e. The average molecular weight is 366 g/mol. The predicted molar refractivity (Wildman–Crippen MR) is 90.2 cm³/mol. The summed E-state index contributed by atoms with van der Waals surface area (Å²) in [5.74, 6) is -0.964. The van der Waals surface area contributed by atoms with Crippen molar-refractivity contribution >= 4 is 21.9 Å². The molecule has 0 spiro atoms. The highest BCUT2D eigenvalue weighted by Gasteiger charge is 2.51. The van der Waals surface area contributed by atoms with Crippen LogP contribution in [0.2, 0.25) is 0 Å². The van der Waals surface area contributed by atoms with Crippen LogP contribution in [0, 0.1) is 5.92 Å². The molecule has 0 unspecified atom stereocenters. The van der Waals surface area contributed by atoms with E-state index in [1.54, 1.807) is 0 Å². The number of primary amides is 1. The molecule has 1 aromatic rings. The zero-order chi connectivity index (χ0) is 18.2. The molecule has 1 aliphatic carbocycles. The zero-order valence-electron chi connectivity index (χ0n) is 14.1. The molecule has 1 saturated heterocycles. The Morgan fingerprint density at radius 2 is 1.80 bits per heavy atom. The maximum atomic E-state index is 13.2.